The van der Waals surface area contributed by atoms with Crippen LogP contribution < -0.4 is 5.32 Å². The van der Waals surface area contributed by atoms with Gasteiger partial charge in [0.05, 0.1) is 0 Å². The predicted octanol–water partition coefficient (Wildman–Crippen LogP) is 2.45. The summed E-state index contributed by atoms with van der Waals surface area (Å²) in [5, 5.41) is 3.52. The maximum Gasteiger partial charge on any atom is 0.159 e. The number of Topliss-reactive ketones (excluding diaryl/α,β-unsaturated/α-hetero) is 1. The Bertz CT molecular complexity index is 434. The van der Waals surface area contributed by atoms with Crippen LogP contribution >= 0.6 is 0 Å². The van der Waals surface area contributed by atoms with E-state index in [0.29, 0.717) is 11.8 Å². The van der Waals surface area contributed by atoms with E-state index >= 15 is 0 Å². The Morgan fingerprint density at radius 1 is 1.19 bits per heavy atom. The molecule has 2 aliphatic heterocycles. The van der Waals surface area contributed by atoms with E-state index < -0.39 is 0 Å². The summed E-state index contributed by atoms with van der Waals surface area (Å²) in [5.41, 5.74) is 3.77. The van der Waals surface area contributed by atoms with E-state index in [1.165, 1.54) is 24.0 Å². The number of ketones is 1. The quantitative estimate of drug-likeness (QED) is 0.729. The van der Waals surface area contributed by atoms with Crippen molar-refractivity contribution in [3.63, 3.8) is 0 Å². The molecule has 2 heteroatoms. The van der Waals surface area contributed by atoms with Gasteiger partial charge in [-0.05, 0) is 48.8 Å². The Hall–Kier alpha value is -1.15. The third-order valence-electron chi connectivity index (χ3n) is 4.02. The summed E-state index contributed by atoms with van der Waals surface area (Å²) in [7, 11) is 0. The second-order valence-corrected chi connectivity index (χ2v) is 5.03. The number of fused-ring (bicyclic) bond motifs is 3. The lowest BCUT2D eigenvalue weighted by Crippen LogP contribution is -2.18. The molecule has 2 nitrogen and oxygen atoms in total. The van der Waals surface area contributed by atoms with Crippen LogP contribution in [0.2, 0.25) is 0 Å². The number of carbonyl (C=O) groups is 1. The van der Waals surface area contributed by atoms with Crippen molar-refractivity contribution in [3.8, 4) is 0 Å². The molecule has 16 heavy (non-hydrogen) atoms. The number of rotatable bonds is 1. The van der Waals surface area contributed by atoms with Crippen LogP contribution in [0.25, 0.3) is 0 Å². The average Bonchev–Trinajstić information content (AvgIpc) is 2.62. The number of nitrogens with one attached hydrogen (secondary N) is 1. The van der Waals surface area contributed by atoms with E-state index in [4.69, 9.17) is 0 Å². The van der Waals surface area contributed by atoms with Crippen molar-refractivity contribution in [1.29, 1.82) is 0 Å². The standard InChI is InChI=1S/C14H17NO/c1-9(16)10-4-5-13-11-2-3-12(8-15-7-11)14(13)6-10/h4-6,11-12,15H,2-3,7-8H2,1H3/t11-,12-/m0/s1. The van der Waals surface area contributed by atoms with E-state index in [2.05, 4.69) is 17.4 Å². The van der Waals surface area contributed by atoms with Gasteiger partial charge in [-0.25, -0.2) is 0 Å². The topological polar surface area (TPSA) is 29.1 Å². The summed E-state index contributed by atoms with van der Waals surface area (Å²) in [5.74, 6) is 1.46. The molecule has 1 fully saturated rings. The SMILES string of the molecule is CC(=O)c1ccc2c(c1)[C@H]1CC[C@H]2CNC1. The molecule has 1 N–H and O–H groups in total. The van der Waals surface area contributed by atoms with Crippen molar-refractivity contribution >= 4 is 5.78 Å². The third kappa shape index (κ3) is 1.49. The first kappa shape index (κ1) is 10.0. The van der Waals surface area contributed by atoms with Crippen LogP contribution in [0.3, 0.4) is 0 Å². The lowest BCUT2D eigenvalue weighted by atomic mass is 9.77. The van der Waals surface area contributed by atoms with E-state index in [0.717, 1.165) is 18.7 Å². The van der Waals surface area contributed by atoms with Crippen LogP contribution in [0.15, 0.2) is 18.2 Å². The lowest BCUT2D eigenvalue weighted by Gasteiger charge is -2.26. The molecule has 1 aromatic carbocycles. The fraction of sp³-hybridized carbons (Fsp3) is 0.500. The van der Waals surface area contributed by atoms with Gasteiger partial charge in [-0.2, -0.15) is 0 Å². The molecule has 0 saturated carbocycles. The van der Waals surface area contributed by atoms with E-state index in [1.54, 1.807) is 6.92 Å². The number of hydrogen-bond acceptors (Lipinski definition) is 2. The van der Waals surface area contributed by atoms with Crippen molar-refractivity contribution < 1.29 is 4.79 Å². The molecule has 2 bridgehead atoms. The highest BCUT2D eigenvalue weighted by Gasteiger charge is 2.30. The highest BCUT2D eigenvalue weighted by Crippen LogP contribution is 2.40. The lowest BCUT2D eigenvalue weighted by molar-refractivity contribution is 0.101. The molecule has 1 aromatic rings. The molecule has 84 valence electrons. The molecule has 2 heterocycles. The summed E-state index contributed by atoms with van der Waals surface area (Å²) in [4.78, 5) is 11.4. The fourth-order valence-electron chi connectivity index (χ4n) is 3.09. The second kappa shape index (κ2) is 3.70. The molecule has 0 amide bonds. The molecule has 0 unspecified atom stereocenters. The van der Waals surface area contributed by atoms with Crippen LogP contribution in [0, 0.1) is 0 Å². The number of benzene rings is 1. The first-order chi connectivity index (χ1) is 7.75. The van der Waals surface area contributed by atoms with E-state index in [-0.39, 0.29) is 5.78 Å². The minimum absolute atomic E-state index is 0.177. The second-order valence-electron chi connectivity index (χ2n) is 5.03. The van der Waals surface area contributed by atoms with Crippen LogP contribution in [0.5, 0.6) is 0 Å². The highest BCUT2D eigenvalue weighted by atomic mass is 16.1. The van der Waals surface area contributed by atoms with Crippen LogP contribution in [0.4, 0.5) is 0 Å². The van der Waals surface area contributed by atoms with Gasteiger partial charge in [-0.15, -0.1) is 0 Å². The van der Waals surface area contributed by atoms with Gasteiger partial charge in [0.1, 0.15) is 0 Å². The monoisotopic (exact) mass is 215 g/mol. The summed E-state index contributed by atoms with van der Waals surface area (Å²) in [6.45, 7) is 3.82. The molecule has 0 aromatic heterocycles. The van der Waals surface area contributed by atoms with Crippen LogP contribution in [-0.2, 0) is 0 Å². The Labute approximate surface area is 96.1 Å². The normalized spacial score (nSPS) is 27.3. The van der Waals surface area contributed by atoms with Gasteiger partial charge in [0.25, 0.3) is 0 Å². The van der Waals surface area contributed by atoms with Crippen molar-refractivity contribution in [2.24, 2.45) is 0 Å². The largest absolute Gasteiger partial charge is 0.316 e. The highest BCUT2D eigenvalue weighted by molar-refractivity contribution is 5.94. The average molecular weight is 215 g/mol. The minimum Gasteiger partial charge on any atom is -0.316 e. The van der Waals surface area contributed by atoms with Crippen molar-refractivity contribution in [3.05, 3.63) is 34.9 Å². The molecular weight excluding hydrogens is 198 g/mol. The summed E-state index contributed by atoms with van der Waals surface area (Å²) in [6, 6.07) is 6.29. The summed E-state index contributed by atoms with van der Waals surface area (Å²) < 4.78 is 0. The molecule has 1 saturated heterocycles. The molecular formula is C14H17NO. The number of hydrogen-bond donors (Lipinski definition) is 1. The van der Waals surface area contributed by atoms with Crippen molar-refractivity contribution in [2.45, 2.75) is 31.6 Å². The van der Waals surface area contributed by atoms with Gasteiger partial charge >= 0.3 is 0 Å². The Kier molecular flexibility index (Phi) is 2.32. The maximum atomic E-state index is 11.4. The fourth-order valence-corrected chi connectivity index (χ4v) is 3.09. The zero-order chi connectivity index (χ0) is 11.1. The Morgan fingerprint density at radius 3 is 2.56 bits per heavy atom. The smallest absolute Gasteiger partial charge is 0.159 e. The first-order valence-electron chi connectivity index (χ1n) is 6.11. The zero-order valence-corrected chi connectivity index (χ0v) is 9.62. The van der Waals surface area contributed by atoms with Crippen LogP contribution in [-0.4, -0.2) is 18.9 Å². The molecule has 1 aliphatic carbocycles. The molecule has 0 spiro atoms. The Balaban J connectivity index is 2.11. The van der Waals surface area contributed by atoms with Gasteiger partial charge in [-0.3, -0.25) is 4.79 Å². The van der Waals surface area contributed by atoms with Crippen LogP contribution in [0.1, 0.15) is 53.1 Å². The zero-order valence-electron chi connectivity index (χ0n) is 9.62. The summed E-state index contributed by atoms with van der Waals surface area (Å²) in [6.07, 6.45) is 2.57. The van der Waals surface area contributed by atoms with Crippen molar-refractivity contribution in [2.75, 3.05) is 13.1 Å². The predicted molar refractivity (Wildman–Crippen MR) is 64.0 cm³/mol. The molecule has 2 atom stereocenters. The first-order valence-corrected chi connectivity index (χ1v) is 6.11. The van der Waals surface area contributed by atoms with Gasteiger partial charge < -0.3 is 5.32 Å². The molecule has 3 aliphatic rings. The Morgan fingerprint density at radius 2 is 1.88 bits per heavy atom. The van der Waals surface area contributed by atoms with Gasteiger partial charge in [0.15, 0.2) is 5.78 Å². The van der Waals surface area contributed by atoms with E-state index in [9.17, 15) is 4.79 Å². The van der Waals surface area contributed by atoms with Gasteiger partial charge in [0, 0.05) is 18.7 Å². The van der Waals surface area contributed by atoms with Crippen molar-refractivity contribution in [1.82, 2.24) is 5.32 Å². The van der Waals surface area contributed by atoms with Gasteiger partial charge in [-0.1, -0.05) is 12.1 Å². The minimum atomic E-state index is 0.177. The molecule has 4 rings (SSSR count). The van der Waals surface area contributed by atoms with E-state index in [1.807, 2.05) is 6.07 Å². The van der Waals surface area contributed by atoms with Gasteiger partial charge in [0.2, 0.25) is 0 Å². The molecule has 0 radical (unpaired) electrons. The summed E-state index contributed by atoms with van der Waals surface area (Å²) >= 11 is 0. The third-order valence-corrected chi connectivity index (χ3v) is 4.02. The maximum absolute atomic E-state index is 11.4. The number of carbonyl (C=O) groups excluding carboxylic acids is 1.